The summed E-state index contributed by atoms with van der Waals surface area (Å²) >= 11 is 1.71. The van der Waals surface area contributed by atoms with Crippen molar-refractivity contribution in [3.05, 3.63) is 46.7 Å². The molecule has 1 atom stereocenters. The molecule has 4 heteroatoms. The Kier molecular flexibility index (Phi) is 3.74. The number of hydrogen-bond acceptors (Lipinski definition) is 3. The molecule has 0 spiro atoms. The summed E-state index contributed by atoms with van der Waals surface area (Å²) in [5.41, 5.74) is 3.38. The third-order valence-electron chi connectivity index (χ3n) is 3.68. The fourth-order valence-electron chi connectivity index (χ4n) is 2.51. The quantitative estimate of drug-likeness (QED) is 0.919. The Morgan fingerprint density at radius 2 is 2.05 bits per heavy atom. The number of nitrogens with zero attached hydrogens (tertiary/aromatic N) is 1. The first-order valence-electron chi connectivity index (χ1n) is 6.93. The summed E-state index contributed by atoms with van der Waals surface area (Å²) in [6, 6.07) is 10.6. The van der Waals surface area contributed by atoms with E-state index in [0.29, 0.717) is 12.5 Å². The molecule has 1 aliphatic heterocycles. The standard InChI is InChI=1S/C16H18N2OS/c1-12(13-8-10-20-11-13)17-14-4-6-15(7-5-14)18-9-2-3-16(18)19/h4-8,10-12,17H,2-3,9H2,1H3. The lowest BCUT2D eigenvalue weighted by Gasteiger charge is -2.18. The van der Waals surface area contributed by atoms with E-state index in [-0.39, 0.29) is 5.91 Å². The molecular weight excluding hydrogens is 268 g/mol. The highest BCUT2D eigenvalue weighted by Gasteiger charge is 2.21. The molecule has 1 aromatic carbocycles. The molecule has 1 saturated heterocycles. The number of carbonyl (C=O) groups is 1. The Bertz CT molecular complexity index is 577. The van der Waals surface area contributed by atoms with Gasteiger partial charge in [0, 0.05) is 30.4 Å². The van der Waals surface area contributed by atoms with Gasteiger partial charge >= 0.3 is 0 Å². The highest BCUT2D eigenvalue weighted by molar-refractivity contribution is 7.07. The number of carbonyl (C=O) groups excluding carboxylic acids is 1. The molecule has 20 heavy (non-hydrogen) atoms. The zero-order chi connectivity index (χ0) is 13.9. The second kappa shape index (κ2) is 5.67. The summed E-state index contributed by atoms with van der Waals surface area (Å²) in [6.07, 6.45) is 1.64. The summed E-state index contributed by atoms with van der Waals surface area (Å²) < 4.78 is 0. The van der Waals surface area contributed by atoms with E-state index < -0.39 is 0 Å². The number of rotatable bonds is 4. The lowest BCUT2D eigenvalue weighted by Crippen LogP contribution is -2.23. The summed E-state index contributed by atoms with van der Waals surface area (Å²) in [6.45, 7) is 3.00. The van der Waals surface area contributed by atoms with Gasteiger partial charge in [0.25, 0.3) is 0 Å². The average molecular weight is 286 g/mol. The molecule has 1 fully saturated rings. The van der Waals surface area contributed by atoms with Crippen molar-refractivity contribution in [2.75, 3.05) is 16.8 Å². The van der Waals surface area contributed by atoms with E-state index in [2.05, 4.69) is 29.1 Å². The van der Waals surface area contributed by atoms with Crippen LogP contribution < -0.4 is 10.2 Å². The predicted molar refractivity (Wildman–Crippen MR) is 84.4 cm³/mol. The number of anilines is 2. The highest BCUT2D eigenvalue weighted by Crippen LogP contribution is 2.25. The van der Waals surface area contributed by atoms with Gasteiger partial charge in [-0.15, -0.1) is 0 Å². The van der Waals surface area contributed by atoms with Gasteiger partial charge in [0.1, 0.15) is 0 Å². The minimum absolute atomic E-state index is 0.234. The second-order valence-electron chi connectivity index (χ2n) is 5.12. The number of thiophene rings is 1. The fraction of sp³-hybridized carbons (Fsp3) is 0.312. The van der Waals surface area contributed by atoms with E-state index in [0.717, 1.165) is 24.3 Å². The maximum Gasteiger partial charge on any atom is 0.227 e. The van der Waals surface area contributed by atoms with Gasteiger partial charge in [-0.05, 0) is 60.0 Å². The molecule has 1 aromatic heterocycles. The van der Waals surface area contributed by atoms with Gasteiger partial charge in [0.2, 0.25) is 5.91 Å². The van der Waals surface area contributed by atoms with Crippen molar-refractivity contribution < 1.29 is 4.79 Å². The normalized spacial score (nSPS) is 16.4. The third kappa shape index (κ3) is 2.70. The minimum Gasteiger partial charge on any atom is -0.378 e. The van der Waals surface area contributed by atoms with Crippen molar-refractivity contribution in [2.45, 2.75) is 25.8 Å². The number of nitrogens with one attached hydrogen (secondary N) is 1. The van der Waals surface area contributed by atoms with Crippen LogP contribution in [0.15, 0.2) is 41.1 Å². The zero-order valence-corrected chi connectivity index (χ0v) is 12.3. The van der Waals surface area contributed by atoms with E-state index in [9.17, 15) is 4.79 Å². The molecule has 1 N–H and O–H groups in total. The maximum atomic E-state index is 11.7. The van der Waals surface area contributed by atoms with Crippen molar-refractivity contribution in [1.82, 2.24) is 0 Å². The van der Waals surface area contributed by atoms with Crippen LogP contribution >= 0.6 is 11.3 Å². The van der Waals surface area contributed by atoms with Crippen LogP contribution in [-0.2, 0) is 4.79 Å². The largest absolute Gasteiger partial charge is 0.378 e. The lowest BCUT2D eigenvalue weighted by atomic mass is 10.1. The van der Waals surface area contributed by atoms with Crippen LogP contribution in [0.2, 0.25) is 0 Å². The van der Waals surface area contributed by atoms with Gasteiger partial charge in [-0.1, -0.05) is 0 Å². The first kappa shape index (κ1) is 13.2. The summed E-state index contributed by atoms with van der Waals surface area (Å²) in [5.74, 6) is 0.234. The molecule has 3 rings (SSSR count). The first-order valence-corrected chi connectivity index (χ1v) is 7.87. The van der Waals surface area contributed by atoms with E-state index in [1.165, 1.54) is 5.56 Å². The lowest BCUT2D eigenvalue weighted by molar-refractivity contribution is -0.117. The van der Waals surface area contributed by atoms with Crippen molar-refractivity contribution in [2.24, 2.45) is 0 Å². The van der Waals surface area contributed by atoms with Crippen LogP contribution in [0.25, 0.3) is 0 Å². The molecule has 1 unspecified atom stereocenters. The van der Waals surface area contributed by atoms with E-state index in [1.807, 2.05) is 29.2 Å². The number of hydrogen-bond donors (Lipinski definition) is 1. The van der Waals surface area contributed by atoms with Gasteiger partial charge in [-0.25, -0.2) is 0 Å². The van der Waals surface area contributed by atoms with Crippen LogP contribution in [0.1, 0.15) is 31.4 Å². The minimum atomic E-state index is 0.234. The van der Waals surface area contributed by atoms with Gasteiger partial charge in [-0.2, -0.15) is 11.3 Å². The van der Waals surface area contributed by atoms with Crippen LogP contribution in [-0.4, -0.2) is 12.5 Å². The molecule has 2 heterocycles. The van der Waals surface area contributed by atoms with E-state index in [1.54, 1.807) is 11.3 Å². The van der Waals surface area contributed by atoms with Crippen LogP contribution in [0, 0.1) is 0 Å². The molecule has 0 bridgehead atoms. The van der Waals surface area contributed by atoms with Crippen molar-refractivity contribution in [1.29, 1.82) is 0 Å². The first-order chi connectivity index (χ1) is 9.74. The van der Waals surface area contributed by atoms with Gasteiger partial charge in [0.15, 0.2) is 0 Å². The molecule has 0 saturated carbocycles. The van der Waals surface area contributed by atoms with Crippen LogP contribution in [0.3, 0.4) is 0 Å². The molecule has 104 valence electrons. The summed E-state index contributed by atoms with van der Waals surface area (Å²) in [4.78, 5) is 13.6. The SMILES string of the molecule is CC(Nc1ccc(N2CCCC2=O)cc1)c1ccsc1. The highest BCUT2D eigenvalue weighted by atomic mass is 32.1. The smallest absolute Gasteiger partial charge is 0.227 e. The monoisotopic (exact) mass is 286 g/mol. The fourth-order valence-corrected chi connectivity index (χ4v) is 3.27. The van der Waals surface area contributed by atoms with Gasteiger partial charge in [0.05, 0.1) is 0 Å². The number of amides is 1. The van der Waals surface area contributed by atoms with Gasteiger partial charge < -0.3 is 10.2 Å². The van der Waals surface area contributed by atoms with Crippen molar-refractivity contribution in [3.63, 3.8) is 0 Å². The Morgan fingerprint density at radius 1 is 1.25 bits per heavy atom. The third-order valence-corrected chi connectivity index (χ3v) is 4.38. The zero-order valence-electron chi connectivity index (χ0n) is 11.5. The second-order valence-corrected chi connectivity index (χ2v) is 5.90. The Labute approximate surface area is 123 Å². The Balaban J connectivity index is 1.68. The predicted octanol–water partition coefficient (Wildman–Crippen LogP) is 4.05. The van der Waals surface area contributed by atoms with Crippen LogP contribution in [0.5, 0.6) is 0 Å². The van der Waals surface area contributed by atoms with Crippen molar-refractivity contribution >= 4 is 28.6 Å². The Morgan fingerprint density at radius 3 is 2.65 bits per heavy atom. The molecular formula is C16H18N2OS. The topological polar surface area (TPSA) is 32.3 Å². The Hall–Kier alpha value is -1.81. The molecule has 1 aliphatic rings. The van der Waals surface area contributed by atoms with Crippen molar-refractivity contribution in [3.8, 4) is 0 Å². The maximum absolute atomic E-state index is 11.7. The number of benzene rings is 1. The van der Waals surface area contributed by atoms with Crippen LogP contribution in [0.4, 0.5) is 11.4 Å². The van der Waals surface area contributed by atoms with Gasteiger partial charge in [-0.3, -0.25) is 4.79 Å². The molecule has 0 aliphatic carbocycles. The molecule has 3 nitrogen and oxygen atoms in total. The molecule has 1 amide bonds. The average Bonchev–Trinajstić information content (AvgIpc) is 3.11. The summed E-state index contributed by atoms with van der Waals surface area (Å²) in [7, 11) is 0. The van der Waals surface area contributed by atoms with E-state index >= 15 is 0 Å². The summed E-state index contributed by atoms with van der Waals surface area (Å²) in [5, 5.41) is 7.73. The van der Waals surface area contributed by atoms with E-state index in [4.69, 9.17) is 0 Å². The molecule has 2 aromatic rings. The molecule has 0 radical (unpaired) electrons.